The van der Waals surface area contributed by atoms with Gasteiger partial charge in [-0.05, 0) is 59.8 Å². The maximum atomic E-state index is 4.81. The summed E-state index contributed by atoms with van der Waals surface area (Å²) in [6.45, 7) is 26.1. The zero-order chi connectivity index (χ0) is 30.0. The van der Waals surface area contributed by atoms with Crippen LogP contribution in [0, 0.1) is 6.67 Å². The first kappa shape index (κ1) is 34.4. The normalized spacial score (nSPS) is 13.0. The summed E-state index contributed by atoms with van der Waals surface area (Å²) in [6.07, 6.45) is 9.90. The van der Waals surface area contributed by atoms with Crippen molar-refractivity contribution in [2.45, 2.75) is 99.0 Å². The molecule has 0 N–H and O–H groups in total. The average Bonchev–Trinajstić information content (AvgIpc) is 3.61. The summed E-state index contributed by atoms with van der Waals surface area (Å²) in [7, 11) is 9.63. The summed E-state index contributed by atoms with van der Waals surface area (Å²) in [6, 6.07) is 13.9. The number of anilines is 2. The van der Waals surface area contributed by atoms with Crippen LogP contribution in [0.1, 0.15) is 121 Å². The first-order chi connectivity index (χ1) is 18.9. The molecule has 1 aromatic heterocycles. The van der Waals surface area contributed by atoms with Gasteiger partial charge in [-0.25, -0.2) is 4.98 Å². The molecule has 4 nitrogen and oxygen atoms in total. The average molecular weight is 676 g/mol. The summed E-state index contributed by atoms with van der Waals surface area (Å²) in [4.78, 5) is 8.31. The quantitative estimate of drug-likeness (QED) is 0.233. The minimum absolute atomic E-state index is 0.106. The van der Waals surface area contributed by atoms with Gasteiger partial charge in [-0.15, -0.1) is 0 Å². The van der Waals surface area contributed by atoms with Crippen LogP contribution in [0.3, 0.4) is 0 Å². The number of imidazole rings is 1. The summed E-state index contributed by atoms with van der Waals surface area (Å²) < 4.78 is 2.06. The van der Waals surface area contributed by atoms with E-state index < -0.39 is 0 Å². The molecule has 1 aliphatic heterocycles. The summed E-state index contributed by atoms with van der Waals surface area (Å²) in [5.41, 5.74) is 8.05. The van der Waals surface area contributed by atoms with Crippen molar-refractivity contribution in [3.63, 3.8) is 0 Å². The zero-order valence-electron chi connectivity index (χ0n) is 25.6. The summed E-state index contributed by atoms with van der Waals surface area (Å²) >= 11 is -0.106. The SMILES string of the molecule is CC(C)c1cccc(C(C)C)c1N1[C]N(c2c(C(C)C)cccc2C(C)C)C=C1.CC(C)n1ccnc1.[Cl][Pd][Cl]. The predicted octanol–water partition coefficient (Wildman–Crippen LogP) is 10.8. The van der Waals surface area contributed by atoms with Crippen LogP contribution < -0.4 is 9.80 Å². The fraction of sp³-hybridized carbons (Fsp3) is 0.455. The van der Waals surface area contributed by atoms with E-state index in [1.807, 2.05) is 12.5 Å². The number of aromatic nitrogens is 2. The molecule has 7 heteroatoms. The van der Waals surface area contributed by atoms with Gasteiger partial charge in [0.2, 0.25) is 6.67 Å². The van der Waals surface area contributed by atoms with E-state index in [1.54, 1.807) is 6.20 Å². The molecule has 0 saturated carbocycles. The fourth-order valence-corrected chi connectivity index (χ4v) is 4.72. The van der Waals surface area contributed by atoms with Gasteiger partial charge in [-0.1, -0.05) is 91.8 Å². The third-order valence-corrected chi connectivity index (χ3v) is 6.87. The van der Waals surface area contributed by atoms with E-state index in [-0.39, 0.29) is 15.9 Å². The van der Waals surface area contributed by atoms with Gasteiger partial charge in [-0.2, -0.15) is 0 Å². The van der Waals surface area contributed by atoms with Crippen LogP contribution in [-0.4, -0.2) is 9.55 Å². The molecule has 1 aliphatic rings. The fourth-order valence-electron chi connectivity index (χ4n) is 4.72. The molecule has 0 atom stereocenters. The number of hydrogen-bond donors (Lipinski definition) is 0. The van der Waals surface area contributed by atoms with Crippen LogP contribution in [0.2, 0.25) is 0 Å². The molecule has 0 aliphatic carbocycles. The number of rotatable bonds is 7. The van der Waals surface area contributed by atoms with Crippen molar-refractivity contribution in [1.29, 1.82) is 0 Å². The van der Waals surface area contributed by atoms with E-state index in [2.05, 4.69) is 144 Å². The Morgan fingerprint density at radius 2 is 1.00 bits per heavy atom. The van der Waals surface area contributed by atoms with E-state index in [4.69, 9.17) is 19.1 Å². The Kier molecular flexibility index (Phi) is 14.3. The number of para-hydroxylation sites is 2. The Morgan fingerprint density at radius 1 is 0.650 bits per heavy atom. The van der Waals surface area contributed by atoms with Crippen LogP contribution in [0.25, 0.3) is 0 Å². The predicted molar refractivity (Wildman–Crippen MR) is 171 cm³/mol. The van der Waals surface area contributed by atoms with E-state index >= 15 is 0 Å². The van der Waals surface area contributed by atoms with Gasteiger partial charge in [0, 0.05) is 30.8 Å². The molecule has 0 unspecified atom stereocenters. The second-order valence-electron chi connectivity index (χ2n) is 11.5. The van der Waals surface area contributed by atoms with E-state index in [0.29, 0.717) is 29.7 Å². The molecule has 0 spiro atoms. The van der Waals surface area contributed by atoms with Crippen molar-refractivity contribution in [2.75, 3.05) is 9.80 Å². The Hall–Kier alpha value is -1.77. The van der Waals surface area contributed by atoms with Crippen molar-refractivity contribution in [3.8, 4) is 0 Å². The van der Waals surface area contributed by atoms with E-state index in [9.17, 15) is 0 Å². The van der Waals surface area contributed by atoms with Gasteiger partial charge >= 0.3 is 35.0 Å². The molecule has 2 aromatic carbocycles. The molecule has 4 rings (SSSR count). The third-order valence-electron chi connectivity index (χ3n) is 6.87. The minimum atomic E-state index is -0.106. The molecule has 2 radical (unpaired) electrons. The van der Waals surface area contributed by atoms with Crippen molar-refractivity contribution in [3.05, 3.63) is 96.4 Å². The van der Waals surface area contributed by atoms with Crippen LogP contribution in [0.15, 0.2) is 67.5 Å². The number of nitrogens with zero attached hydrogens (tertiary/aromatic N) is 4. The molecule has 3 aromatic rings. The van der Waals surface area contributed by atoms with Crippen LogP contribution >= 0.6 is 19.1 Å². The molecule has 40 heavy (non-hydrogen) atoms. The second-order valence-corrected chi connectivity index (χ2v) is 13.8. The van der Waals surface area contributed by atoms with Crippen molar-refractivity contribution < 1.29 is 15.9 Å². The topological polar surface area (TPSA) is 24.3 Å². The van der Waals surface area contributed by atoms with Crippen LogP contribution in [0.5, 0.6) is 0 Å². The molecule has 0 bridgehead atoms. The Bertz CT molecular complexity index is 1060. The van der Waals surface area contributed by atoms with Crippen molar-refractivity contribution in [2.24, 2.45) is 0 Å². The van der Waals surface area contributed by atoms with Gasteiger partial charge in [0.15, 0.2) is 0 Å². The molecular weight excluding hydrogens is 630 g/mol. The molecule has 0 saturated heterocycles. The van der Waals surface area contributed by atoms with Gasteiger partial charge in [0.1, 0.15) is 0 Å². The number of halogens is 2. The standard InChI is InChI=1S/C27H36N2.C6H10N2.2ClH.Pd/c1-18(2)22-11-9-12-23(19(3)4)26(22)28-15-16-29(17-28)27-24(20(5)6)13-10-14-25(27)21(7)8;1-6(2)8-4-3-7-5-8;;;/h9-16,18-21H,1-8H3;3-6H,1-2H3;2*1H;/q;;;;+2/p-2. The molecule has 2 heterocycles. The van der Waals surface area contributed by atoms with Gasteiger partial charge in [0.05, 0.1) is 17.7 Å². The Labute approximate surface area is 259 Å². The van der Waals surface area contributed by atoms with Gasteiger partial charge in [0.25, 0.3) is 0 Å². The molecule has 222 valence electrons. The Balaban J connectivity index is 0.000000427. The number of benzene rings is 2. The summed E-state index contributed by atoms with van der Waals surface area (Å²) in [5, 5.41) is 0. The van der Waals surface area contributed by atoms with Crippen LogP contribution in [-0.2, 0) is 15.9 Å². The van der Waals surface area contributed by atoms with Gasteiger partial charge in [-0.3, -0.25) is 0 Å². The first-order valence-corrected chi connectivity index (χ1v) is 18.0. The number of hydrogen-bond acceptors (Lipinski definition) is 3. The van der Waals surface area contributed by atoms with E-state index in [1.165, 1.54) is 33.6 Å². The Morgan fingerprint density at radius 3 is 1.23 bits per heavy atom. The van der Waals surface area contributed by atoms with Gasteiger partial charge < -0.3 is 14.4 Å². The molecular formula is C33H46Cl2N4Pd. The van der Waals surface area contributed by atoms with Crippen molar-refractivity contribution >= 4 is 30.4 Å². The monoisotopic (exact) mass is 674 g/mol. The summed E-state index contributed by atoms with van der Waals surface area (Å²) in [5.74, 6) is 1.84. The maximum absolute atomic E-state index is 4.81. The zero-order valence-corrected chi connectivity index (χ0v) is 28.7. The van der Waals surface area contributed by atoms with E-state index in [0.717, 1.165) is 0 Å². The second kappa shape index (κ2) is 16.6. The third kappa shape index (κ3) is 9.12. The molecule has 0 amide bonds. The first-order valence-electron chi connectivity index (χ1n) is 14.0. The van der Waals surface area contributed by atoms with Crippen LogP contribution in [0.4, 0.5) is 11.4 Å². The molecule has 0 fully saturated rings. The van der Waals surface area contributed by atoms with Crippen molar-refractivity contribution in [1.82, 2.24) is 9.55 Å².